The first kappa shape index (κ1) is 16.9. The Labute approximate surface area is 135 Å². The van der Waals surface area contributed by atoms with Crippen molar-refractivity contribution in [3.05, 3.63) is 46.2 Å². The average Bonchev–Trinajstić information content (AvgIpc) is 3.08. The fourth-order valence-electron chi connectivity index (χ4n) is 2.00. The third kappa shape index (κ3) is 4.49. The normalized spacial score (nSPS) is 11.7. The molecular formula is C15H15FN2O4S. The summed E-state index contributed by atoms with van der Waals surface area (Å²) in [6, 6.07) is 3.88. The van der Waals surface area contributed by atoms with Gasteiger partial charge in [0, 0.05) is 6.54 Å². The van der Waals surface area contributed by atoms with Gasteiger partial charge in [-0.05, 0) is 24.1 Å². The van der Waals surface area contributed by atoms with Crippen molar-refractivity contribution in [1.82, 2.24) is 10.3 Å². The molecule has 0 saturated carbocycles. The van der Waals surface area contributed by atoms with Gasteiger partial charge in [-0.1, -0.05) is 6.07 Å². The topological polar surface area (TPSA) is 88.5 Å². The Morgan fingerprint density at radius 2 is 2.26 bits per heavy atom. The van der Waals surface area contributed by atoms with Gasteiger partial charge in [0.15, 0.2) is 11.6 Å². The highest BCUT2D eigenvalue weighted by atomic mass is 32.1. The number of ether oxygens (including phenoxy) is 1. The SMILES string of the molecule is COC(=O)[C@@H](CNC(=O)c1cncs1)Cc1ccc(O)c(F)c1. The highest BCUT2D eigenvalue weighted by Gasteiger charge is 2.21. The number of rotatable bonds is 6. The van der Waals surface area contributed by atoms with E-state index in [0.29, 0.717) is 10.4 Å². The van der Waals surface area contributed by atoms with Crippen LogP contribution in [0.15, 0.2) is 29.9 Å². The fourth-order valence-corrected chi connectivity index (χ4v) is 2.53. The Morgan fingerprint density at radius 1 is 1.48 bits per heavy atom. The van der Waals surface area contributed by atoms with E-state index in [0.717, 1.165) is 6.07 Å². The minimum absolute atomic E-state index is 0.0475. The number of phenols is 1. The quantitative estimate of drug-likeness (QED) is 0.784. The van der Waals surface area contributed by atoms with Crippen LogP contribution in [0.1, 0.15) is 15.2 Å². The minimum Gasteiger partial charge on any atom is -0.505 e. The number of thiazole rings is 1. The van der Waals surface area contributed by atoms with Crippen molar-refractivity contribution in [2.75, 3.05) is 13.7 Å². The molecule has 0 aliphatic carbocycles. The summed E-state index contributed by atoms with van der Waals surface area (Å²) >= 11 is 1.19. The molecule has 0 radical (unpaired) electrons. The molecule has 1 heterocycles. The number of hydrogen-bond donors (Lipinski definition) is 2. The molecule has 122 valence electrons. The Balaban J connectivity index is 2.03. The highest BCUT2D eigenvalue weighted by molar-refractivity contribution is 7.11. The monoisotopic (exact) mass is 338 g/mol. The van der Waals surface area contributed by atoms with E-state index in [9.17, 15) is 19.1 Å². The van der Waals surface area contributed by atoms with Crippen molar-refractivity contribution in [3.8, 4) is 5.75 Å². The van der Waals surface area contributed by atoms with Crippen molar-refractivity contribution in [1.29, 1.82) is 0 Å². The number of aromatic nitrogens is 1. The lowest BCUT2D eigenvalue weighted by molar-refractivity contribution is -0.145. The molecule has 8 heteroatoms. The van der Waals surface area contributed by atoms with E-state index in [1.165, 1.54) is 42.3 Å². The molecule has 0 fully saturated rings. The summed E-state index contributed by atoms with van der Waals surface area (Å²) in [5, 5.41) is 11.8. The van der Waals surface area contributed by atoms with E-state index in [4.69, 9.17) is 4.74 Å². The van der Waals surface area contributed by atoms with Crippen molar-refractivity contribution in [2.45, 2.75) is 6.42 Å². The van der Waals surface area contributed by atoms with Crippen LogP contribution >= 0.6 is 11.3 Å². The smallest absolute Gasteiger partial charge is 0.310 e. The van der Waals surface area contributed by atoms with Gasteiger partial charge >= 0.3 is 5.97 Å². The zero-order valence-electron chi connectivity index (χ0n) is 12.3. The molecular weight excluding hydrogens is 323 g/mol. The summed E-state index contributed by atoms with van der Waals surface area (Å²) in [4.78, 5) is 28.0. The number of aromatic hydroxyl groups is 1. The van der Waals surface area contributed by atoms with Crippen LogP contribution in [-0.4, -0.2) is 35.6 Å². The molecule has 0 bridgehead atoms. The molecule has 1 atom stereocenters. The molecule has 6 nitrogen and oxygen atoms in total. The number of amides is 1. The molecule has 1 amide bonds. The number of nitrogens with one attached hydrogen (secondary N) is 1. The predicted octanol–water partition coefficient (Wildman–Crippen LogP) is 1.75. The number of halogens is 1. The van der Waals surface area contributed by atoms with Crippen LogP contribution in [0.5, 0.6) is 5.75 Å². The number of carbonyl (C=O) groups is 2. The van der Waals surface area contributed by atoms with Crippen molar-refractivity contribution in [3.63, 3.8) is 0 Å². The fraction of sp³-hybridized carbons (Fsp3) is 0.267. The summed E-state index contributed by atoms with van der Waals surface area (Å²) in [5.41, 5.74) is 2.05. The van der Waals surface area contributed by atoms with Gasteiger partial charge < -0.3 is 15.2 Å². The van der Waals surface area contributed by atoms with E-state index in [-0.39, 0.29) is 18.9 Å². The van der Waals surface area contributed by atoms with Crippen LogP contribution in [0.4, 0.5) is 4.39 Å². The van der Waals surface area contributed by atoms with Gasteiger partial charge in [0.2, 0.25) is 0 Å². The summed E-state index contributed by atoms with van der Waals surface area (Å²) in [6.45, 7) is 0.0475. The standard InChI is InChI=1S/C15H15FN2O4S/c1-22-15(21)10(4-9-2-3-12(19)11(16)5-9)6-18-14(20)13-7-17-8-23-13/h2-3,5,7-8,10,19H,4,6H2,1H3,(H,18,20)/t10-/m1/s1. The van der Waals surface area contributed by atoms with Crippen LogP contribution in [0.25, 0.3) is 0 Å². The van der Waals surface area contributed by atoms with E-state index in [1.807, 2.05) is 0 Å². The number of benzene rings is 1. The van der Waals surface area contributed by atoms with Crippen molar-refractivity contribution >= 4 is 23.2 Å². The van der Waals surface area contributed by atoms with Gasteiger partial charge in [-0.25, -0.2) is 4.39 Å². The molecule has 2 rings (SSSR count). The third-order valence-electron chi connectivity index (χ3n) is 3.19. The van der Waals surface area contributed by atoms with Crippen LogP contribution in [0.2, 0.25) is 0 Å². The number of nitrogens with zero attached hydrogens (tertiary/aromatic N) is 1. The summed E-state index contributed by atoms with van der Waals surface area (Å²) in [6.07, 6.45) is 1.61. The second kappa shape index (κ2) is 7.68. The molecule has 0 aliphatic heterocycles. The molecule has 2 aromatic rings. The van der Waals surface area contributed by atoms with E-state index in [2.05, 4.69) is 10.3 Å². The van der Waals surface area contributed by atoms with Crippen LogP contribution in [0.3, 0.4) is 0 Å². The second-order valence-corrected chi connectivity index (χ2v) is 5.67. The maximum atomic E-state index is 13.4. The minimum atomic E-state index is -0.764. The maximum absolute atomic E-state index is 13.4. The van der Waals surface area contributed by atoms with Gasteiger partial charge in [-0.15, -0.1) is 11.3 Å². The molecule has 2 N–H and O–H groups in total. The molecule has 0 spiro atoms. The zero-order valence-corrected chi connectivity index (χ0v) is 13.1. The third-order valence-corrected chi connectivity index (χ3v) is 3.97. The molecule has 1 aromatic carbocycles. The lowest BCUT2D eigenvalue weighted by atomic mass is 9.99. The molecule has 0 aliphatic rings. The van der Waals surface area contributed by atoms with Crippen molar-refractivity contribution in [2.24, 2.45) is 5.92 Å². The Morgan fingerprint density at radius 3 is 2.87 bits per heavy atom. The van der Waals surface area contributed by atoms with Gasteiger partial charge in [-0.3, -0.25) is 14.6 Å². The number of hydrogen-bond acceptors (Lipinski definition) is 6. The second-order valence-electron chi connectivity index (χ2n) is 4.79. The Kier molecular flexibility index (Phi) is 5.64. The first-order chi connectivity index (χ1) is 11.0. The van der Waals surface area contributed by atoms with Crippen molar-refractivity contribution < 1.29 is 23.8 Å². The predicted molar refractivity (Wildman–Crippen MR) is 81.7 cm³/mol. The number of phenolic OH excluding ortho intramolecular Hbond substituents is 1. The zero-order chi connectivity index (χ0) is 16.8. The molecule has 0 saturated heterocycles. The van der Waals surface area contributed by atoms with Gasteiger partial charge in [0.1, 0.15) is 4.88 Å². The van der Waals surface area contributed by atoms with Crippen LogP contribution < -0.4 is 5.32 Å². The van der Waals surface area contributed by atoms with Gasteiger partial charge in [-0.2, -0.15) is 0 Å². The van der Waals surface area contributed by atoms with Gasteiger partial charge in [0.05, 0.1) is 24.7 Å². The highest BCUT2D eigenvalue weighted by Crippen LogP contribution is 2.19. The number of methoxy groups -OCH3 is 1. The van der Waals surface area contributed by atoms with Gasteiger partial charge in [0.25, 0.3) is 5.91 Å². The number of carbonyl (C=O) groups excluding carboxylic acids is 2. The lowest BCUT2D eigenvalue weighted by Gasteiger charge is -2.15. The first-order valence-corrected chi connectivity index (χ1v) is 7.61. The van der Waals surface area contributed by atoms with E-state index >= 15 is 0 Å². The first-order valence-electron chi connectivity index (χ1n) is 6.73. The summed E-state index contributed by atoms with van der Waals surface area (Å²) < 4.78 is 18.1. The van der Waals surface area contributed by atoms with Crippen LogP contribution in [0, 0.1) is 11.7 Å². The molecule has 23 heavy (non-hydrogen) atoms. The Hall–Kier alpha value is -2.48. The summed E-state index contributed by atoms with van der Waals surface area (Å²) in [7, 11) is 1.25. The Bertz CT molecular complexity index is 691. The van der Waals surface area contributed by atoms with Crippen LogP contribution in [-0.2, 0) is 16.0 Å². The average molecular weight is 338 g/mol. The maximum Gasteiger partial charge on any atom is 0.310 e. The molecule has 1 aromatic heterocycles. The van der Waals surface area contributed by atoms with E-state index in [1.54, 1.807) is 0 Å². The lowest BCUT2D eigenvalue weighted by Crippen LogP contribution is -2.34. The summed E-state index contributed by atoms with van der Waals surface area (Å²) in [5.74, 6) is -2.73. The molecule has 0 unspecified atom stereocenters. The van der Waals surface area contributed by atoms with E-state index < -0.39 is 23.5 Å². The number of esters is 1. The largest absolute Gasteiger partial charge is 0.505 e.